The Morgan fingerprint density at radius 2 is 1.61 bits per heavy atom. The number of carbonyl (C=O) groups is 1. The molecule has 3 rings (SSSR count). The molecule has 0 saturated heterocycles. The number of benzene rings is 2. The first-order valence-electron chi connectivity index (χ1n) is 7.26. The highest BCUT2D eigenvalue weighted by molar-refractivity contribution is 9.10. The van der Waals surface area contributed by atoms with Crippen LogP contribution in [0.2, 0.25) is 0 Å². The van der Waals surface area contributed by atoms with Crippen LogP contribution in [0.5, 0.6) is 0 Å². The maximum absolute atomic E-state index is 13.0. The van der Waals surface area contributed by atoms with Gasteiger partial charge in [-0.3, -0.25) is 4.79 Å². The fourth-order valence-corrected chi connectivity index (χ4v) is 2.59. The second kappa shape index (κ2) is 7.20. The number of ketones is 1. The molecule has 0 saturated carbocycles. The van der Waals surface area contributed by atoms with E-state index in [0.29, 0.717) is 11.4 Å². The van der Waals surface area contributed by atoms with Gasteiger partial charge in [0.25, 0.3) is 0 Å². The first-order chi connectivity index (χ1) is 11.2. The predicted molar refractivity (Wildman–Crippen MR) is 95.5 cm³/mol. The summed E-state index contributed by atoms with van der Waals surface area (Å²) in [7, 11) is 0. The number of pyridine rings is 1. The highest BCUT2D eigenvalue weighted by Gasteiger charge is 2.22. The van der Waals surface area contributed by atoms with Crippen LogP contribution < -0.4 is 5.32 Å². The maximum atomic E-state index is 13.0. The molecule has 2 aromatic carbocycles. The normalized spacial score (nSPS) is 11.7. The van der Waals surface area contributed by atoms with Crippen molar-refractivity contribution in [2.24, 2.45) is 0 Å². The number of Topliss-reactive ketones (excluding diaryl/α,β-unsaturated/α-hetero) is 1. The molecule has 1 heterocycles. The van der Waals surface area contributed by atoms with Crippen LogP contribution in [0.3, 0.4) is 0 Å². The van der Waals surface area contributed by atoms with E-state index in [1.807, 2.05) is 72.8 Å². The Bertz CT molecular complexity index is 773. The lowest BCUT2D eigenvalue weighted by Gasteiger charge is -2.19. The van der Waals surface area contributed by atoms with Gasteiger partial charge < -0.3 is 5.32 Å². The van der Waals surface area contributed by atoms with Crippen molar-refractivity contribution < 1.29 is 4.79 Å². The van der Waals surface area contributed by atoms with Crippen molar-refractivity contribution in [1.82, 2.24) is 4.98 Å². The molecule has 1 N–H and O–H groups in total. The summed E-state index contributed by atoms with van der Waals surface area (Å²) in [5, 5.41) is 3.24. The number of hydrogen-bond acceptors (Lipinski definition) is 3. The quantitative estimate of drug-likeness (QED) is 0.654. The van der Waals surface area contributed by atoms with Gasteiger partial charge in [0.05, 0.1) is 0 Å². The minimum absolute atomic E-state index is 0.00866. The van der Waals surface area contributed by atoms with E-state index in [1.165, 1.54) is 0 Å². The zero-order valence-corrected chi connectivity index (χ0v) is 13.9. The Labute approximate surface area is 143 Å². The third kappa shape index (κ3) is 3.85. The van der Waals surface area contributed by atoms with Gasteiger partial charge >= 0.3 is 0 Å². The number of anilines is 1. The number of halogens is 1. The molecule has 0 bridgehead atoms. The molecule has 1 atom stereocenters. The van der Waals surface area contributed by atoms with Crippen molar-refractivity contribution in [3.05, 3.63) is 94.6 Å². The molecule has 0 aliphatic rings. The fraction of sp³-hybridized carbons (Fsp3) is 0.0526. The first kappa shape index (κ1) is 15.4. The highest BCUT2D eigenvalue weighted by atomic mass is 79.9. The number of aromatic nitrogens is 1. The standard InChI is InChI=1S/C19H15BrN2O/c20-16-11-9-15(10-12-16)19(23)18(14-6-2-1-3-7-14)22-17-8-4-5-13-21-17/h1-13,18H,(H,21,22). The first-order valence-corrected chi connectivity index (χ1v) is 8.05. The van der Waals surface area contributed by atoms with Crippen molar-refractivity contribution in [3.8, 4) is 0 Å². The molecule has 23 heavy (non-hydrogen) atoms. The highest BCUT2D eigenvalue weighted by Crippen LogP contribution is 2.23. The molecule has 0 radical (unpaired) electrons. The lowest BCUT2D eigenvalue weighted by Crippen LogP contribution is -2.21. The molecule has 3 nitrogen and oxygen atoms in total. The summed E-state index contributed by atoms with van der Waals surface area (Å²) in [6.07, 6.45) is 1.70. The van der Waals surface area contributed by atoms with E-state index in [1.54, 1.807) is 6.20 Å². The van der Waals surface area contributed by atoms with Crippen LogP contribution in [-0.2, 0) is 0 Å². The summed E-state index contributed by atoms with van der Waals surface area (Å²) in [5.74, 6) is 0.682. The van der Waals surface area contributed by atoms with Crippen molar-refractivity contribution in [2.45, 2.75) is 6.04 Å². The van der Waals surface area contributed by atoms with E-state index >= 15 is 0 Å². The van der Waals surface area contributed by atoms with E-state index in [4.69, 9.17) is 0 Å². The summed E-state index contributed by atoms with van der Waals surface area (Å²) in [5.41, 5.74) is 1.57. The molecule has 0 aliphatic carbocycles. The van der Waals surface area contributed by atoms with Crippen LogP contribution in [0.4, 0.5) is 5.82 Å². The van der Waals surface area contributed by atoms with Gasteiger partial charge in [-0.05, 0) is 29.8 Å². The largest absolute Gasteiger partial charge is 0.356 e. The van der Waals surface area contributed by atoms with Crippen molar-refractivity contribution in [3.63, 3.8) is 0 Å². The Hall–Kier alpha value is -2.46. The molecule has 0 aliphatic heterocycles. The van der Waals surface area contributed by atoms with Crippen molar-refractivity contribution in [2.75, 3.05) is 5.32 Å². The van der Waals surface area contributed by atoms with Gasteiger partial charge in [-0.25, -0.2) is 4.98 Å². The van der Waals surface area contributed by atoms with E-state index in [2.05, 4.69) is 26.2 Å². The summed E-state index contributed by atoms with van der Waals surface area (Å²) >= 11 is 3.39. The molecule has 114 valence electrons. The van der Waals surface area contributed by atoms with E-state index < -0.39 is 6.04 Å². The number of rotatable bonds is 5. The van der Waals surface area contributed by atoms with Gasteiger partial charge in [-0.1, -0.05) is 64.5 Å². The fourth-order valence-electron chi connectivity index (χ4n) is 2.32. The minimum Gasteiger partial charge on any atom is -0.356 e. The number of carbonyl (C=O) groups excluding carboxylic acids is 1. The second-order valence-corrected chi connectivity index (χ2v) is 5.99. The van der Waals surface area contributed by atoms with Crippen molar-refractivity contribution in [1.29, 1.82) is 0 Å². The third-order valence-electron chi connectivity index (χ3n) is 3.48. The summed E-state index contributed by atoms with van der Waals surface area (Å²) < 4.78 is 0.947. The van der Waals surface area contributed by atoms with Crippen LogP contribution in [0.25, 0.3) is 0 Å². The Morgan fingerprint density at radius 1 is 0.913 bits per heavy atom. The number of nitrogens with zero attached hydrogens (tertiary/aromatic N) is 1. The molecule has 3 aromatic rings. The summed E-state index contributed by atoms with van der Waals surface area (Å²) in [6, 6.07) is 22.2. The predicted octanol–water partition coefficient (Wildman–Crippen LogP) is 4.88. The number of hydrogen-bond donors (Lipinski definition) is 1. The monoisotopic (exact) mass is 366 g/mol. The average Bonchev–Trinajstić information content (AvgIpc) is 2.61. The molecule has 0 fully saturated rings. The molecular formula is C19H15BrN2O. The molecular weight excluding hydrogens is 352 g/mol. The SMILES string of the molecule is O=C(c1ccc(Br)cc1)C(Nc1ccccn1)c1ccccc1. The summed E-state index contributed by atoms with van der Waals surface area (Å²) in [4.78, 5) is 17.2. The van der Waals surface area contributed by atoms with E-state index in [0.717, 1.165) is 10.0 Å². The molecule has 0 spiro atoms. The van der Waals surface area contributed by atoms with Crippen LogP contribution >= 0.6 is 15.9 Å². The van der Waals surface area contributed by atoms with Gasteiger partial charge in [0.2, 0.25) is 0 Å². The second-order valence-electron chi connectivity index (χ2n) is 5.07. The maximum Gasteiger partial charge on any atom is 0.189 e. The average molecular weight is 367 g/mol. The zero-order valence-electron chi connectivity index (χ0n) is 12.3. The molecule has 0 amide bonds. The van der Waals surface area contributed by atoms with Crippen LogP contribution in [0.1, 0.15) is 22.0 Å². The van der Waals surface area contributed by atoms with Gasteiger partial charge in [0.15, 0.2) is 5.78 Å². The lowest BCUT2D eigenvalue weighted by atomic mass is 9.97. The third-order valence-corrected chi connectivity index (χ3v) is 4.01. The van der Waals surface area contributed by atoms with Crippen LogP contribution in [0, 0.1) is 0 Å². The van der Waals surface area contributed by atoms with Gasteiger partial charge in [-0.15, -0.1) is 0 Å². The summed E-state index contributed by atoms with van der Waals surface area (Å²) in [6.45, 7) is 0. The molecule has 1 aromatic heterocycles. The number of nitrogens with one attached hydrogen (secondary N) is 1. The molecule has 4 heteroatoms. The van der Waals surface area contributed by atoms with Gasteiger partial charge in [0, 0.05) is 16.2 Å². The van der Waals surface area contributed by atoms with Crippen LogP contribution in [-0.4, -0.2) is 10.8 Å². The lowest BCUT2D eigenvalue weighted by molar-refractivity contribution is 0.0969. The smallest absolute Gasteiger partial charge is 0.189 e. The van der Waals surface area contributed by atoms with Gasteiger partial charge in [0.1, 0.15) is 11.9 Å². The minimum atomic E-state index is -0.479. The topological polar surface area (TPSA) is 42.0 Å². The Balaban J connectivity index is 1.94. The molecule has 1 unspecified atom stereocenters. The van der Waals surface area contributed by atoms with Crippen LogP contribution in [0.15, 0.2) is 83.5 Å². The Kier molecular flexibility index (Phi) is 4.83. The van der Waals surface area contributed by atoms with E-state index in [9.17, 15) is 4.79 Å². The van der Waals surface area contributed by atoms with E-state index in [-0.39, 0.29) is 5.78 Å². The Morgan fingerprint density at radius 3 is 2.26 bits per heavy atom. The van der Waals surface area contributed by atoms with Crippen molar-refractivity contribution >= 4 is 27.5 Å². The van der Waals surface area contributed by atoms with Gasteiger partial charge in [-0.2, -0.15) is 0 Å². The zero-order chi connectivity index (χ0) is 16.1.